The molecule has 0 aliphatic heterocycles. The summed E-state index contributed by atoms with van der Waals surface area (Å²) in [5.41, 5.74) is 2.19. The van der Waals surface area contributed by atoms with Gasteiger partial charge < -0.3 is 5.32 Å². The molecule has 0 bridgehead atoms. The van der Waals surface area contributed by atoms with Gasteiger partial charge in [-0.2, -0.15) is 0 Å². The summed E-state index contributed by atoms with van der Waals surface area (Å²) in [4.78, 5) is 0. The van der Waals surface area contributed by atoms with Gasteiger partial charge in [-0.1, -0.05) is 23.7 Å². The van der Waals surface area contributed by atoms with Crippen LogP contribution in [0.15, 0.2) is 40.9 Å². The third-order valence-corrected chi connectivity index (χ3v) is 5.30. The Hall–Kier alpha value is -0.170. The molecule has 0 fully saturated rings. The van der Waals surface area contributed by atoms with Crippen LogP contribution in [0, 0.1) is 9.39 Å². The van der Waals surface area contributed by atoms with Crippen molar-refractivity contribution < 1.29 is 4.39 Å². The third-order valence-electron chi connectivity index (χ3n) is 3.12. The first kappa shape index (κ1) is 16.2. The molecule has 0 amide bonds. The highest BCUT2D eigenvalue weighted by molar-refractivity contribution is 14.1. The number of rotatable bonds is 4. The van der Waals surface area contributed by atoms with E-state index in [-0.39, 0.29) is 11.9 Å². The summed E-state index contributed by atoms with van der Waals surface area (Å²) in [7, 11) is 1.91. The largest absolute Gasteiger partial charge is 0.313 e. The Morgan fingerprint density at radius 2 is 2.05 bits per heavy atom. The first-order valence-corrected chi connectivity index (χ1v) is 8.32. The highest BCUT2D eigenvalue weighted by Crippen LogP contribution is 2.26. The molecule has 0 spiro atoms. The maximum absolute atomic E-state index is 13.3. The molecule has 1 atom stereocenters. The Balaban J connectivity index is 2.23. The molecule has 2 rings (SSSR count). The van der Waals surface area contributed by atoms with E-state index in [1.165, 1.54) is 6.07 Å². The lowest BCUT2D eigenvalue weighted by Gasteiger charge is -2.17. The predicted molar refractivity (Wildman–Crippen MR) is 93.8 cm³/mol. The van der Waals surface area contributed by atoms with Crippen LogP contribution in [-0.4, -0.2) is 7.05 Å². The van der Waals surface area contributed by atoms with Crippen molar-refractivity contribution in [3.8, 4) is 0 Å². The Labute approximate surface area is 145 Å². The third kappa shape index (κ3) is 3.93. The molecule has 1 nitrogen and oxygen atoms in total. The second-order valence-electron chi connectivity index (χ2n) is 4.47. The standard InChI is InChI=1S/C15H13BrClFIN/c1-20-15(10-3-5-14(19)12(17)8-10)7-9-2-4-13(18)11(16)6-9/h2-6,8,15,20H,7H2,1H3. The summed E-state index contributed by atoms with van der Waals surface area (Å²) in [5, 5.41) is 4.03. The molecule has 2 aromatic rings. The topological polar surface area (TPSA) is 12.0 Å². The van der Waals surface area contributed by atoms with Gasteiger partial charge in [-0.25, -0.2) is 4.39 Å². The number of benzene rings is 2. The molecule has 106 valence electrons. The second kappa shape index (κ2) is 7.20. The maximum atomic E-state index is 13.3. The van der Waals surface area contributed by atoms with Crippen LogP contribution < -0.4 is 5.32 Å². The molecule has 0 aliphatic carbocycles. The molecule has 5 heteroatoms. The molecule has 2 aromatic carbocycles. The molecule has 1 N–H and O–H groups in total. The van der Waals surface area contributed by atoms with Crippen molar-refractivity contribution in [3.05, 3.63) is 66.4 Å². The molecule has 0 aliphatic rings. The Bertz CT molecular complexity index is 621. The van der Waals surface area contributed by atoms with E-state index in [4.69, 9.17) is 11.6 Å². The first-order valence-electron chi connectivity index (χ1n) is 6.07. The molecule has 20 heavy (non-hydrogen) atoms. The fourth-order valence-corrected chi connectivity index (χ4v) is 2.97. The number of hydrogen-bond acceptors (Lipinski definition) is 1. The first-order chi connectivity index (χ1) is 9.51. The SMILES string of the molecule is CNC(Cc1ccc(F)c(Br)c1)c1ccc(I)c(Cl)c1. The second-order valence-corrected chi connectivity index (χ2v) is 6.89. The van der Waals surface area contributed by atoms with Crippen LogP contribution in [0.4, 0.5) is 4.39 Å². The van der Waals surface area contributed by atoms with Gasteiger partial charge in [-0.3, -0.25) is 0 Å². The van der Waals surface area contributed by atoms with Crippen LogP contribution in [0.25, 0.3) is 0 Å². The molecule has 0 radical (unpaired) electrons. The molecular weight excluding hydrogens is 455 g/mol. The number of hydrogen-bond donors (Lipinski definition) is 1. The van der Waals surface area contributed by atoms with Crippen molar-refractivity contribution in [1.82, 2.24) is 5.32 Å². The Morgan fingerprint density at radius 3 is 2.65 bits per heavy atom. The monoisotopic (exact) mass is 467 g/mol. The number of nitrogens with one attached hydrogen (secondary N) is 1. The van der Waals surface area contributed by atoms with Crippen molar-refractivity contribution in [3.63, 3.8) is 0 Å². The Morgan fingerprint density at radius 1 is 1.30 bits per heavy atom. The summed E-state index contributed by atoms with van der Waals surface area (Å²) in [6.45, 7) is 0. The molecule has 1 unspecified atom stereocenters. The van der Waals surface area contributed by atoms with E-state index in [1.807, 2.05) is 25.2 Å². The zero-order valence-corrected chi connectivity index (χ0v) is 15.3. The van der Waals surface area contributed by atoms with Crippen LogP contribution in [0.3, 0.4) is 0 Å². The van der Waals surface area contributed by atoms with Crippen LogP contribution in [0.1, 0.15) is 17.2 Å². The fourth-order valence-electron chi connectivity index (χ4n) is 2.02. The normalized spacial score (nSPS) is 12.4. The van der Waals surface area contributed by atoms with Gasteiger partial charge in [-0.05, 0) is 87.4 Å². The lowest BCUT2D eigenvalue weighted by atomic mass is 9.99. The van der Waals surface area contributed by atoms with Gasteiger partial charge in [0.15, 0.2) is 0 Å². The lowest BCUT2D eigenvalue weighted by Crippen LogP contribution is -2.19. The van der Waals surface area contributed by atoms with Crippen LogP contribution in [-0.2, 0) is 6.42 Å². The lowest BCUT2D eigenvalue weighted by molar-refractivity contribution is 0.587. The zero-order valence-electron chi connectivity index (χ0n) is 10.8. The minimum atomic E-state index is -0.243. The van der Waals surface area contributed by atoms with E-state index in [1.54, 1.807) is 6.07 Å². The van der Waals surface area contributed by atoms with Crippen molar-refractivity contribution >= 4 is 50.1 Å². The smallest absolute Gasteiger partial charge is 0.137 e. The fraction of sp³-hybridized carbons (Fsp3) is 0.200. The quantitative estimate of drug-likeness (QED) is 0.597. The maximum Gasteiger partial charge on any atom is 0.137 e. The summed E-state index contributed by atoms with van der Waals surface area (Å²) >= 11 is 11.6. The summed E-state index contributed by atoms with van der Waals surface area (Å²) in [6, 6.07) is 11.3. The summed E-state index contributed by atoms with van der Waals surface area (Å²) < 4.78 is 14.8. The number of likely N-dealkylation sites (N-methyl/N-ethyl adjacent to an activating group) is 1. The number of halogens is 4. The predicted octanol–water partition coefficient (Wildman–Crippen LogP) is 5.35. The van der Waals surface area contributed by atoms with Gasteiger partial charge >= 0.3 is 0 Å². The highest BCUT2D eigenvalue weighted by Gasteiger charge is 2.12. The van der Waals surface area contributed by atoms with Crippen molar-refractivity contribution in [2.24, 2.45) is 0 Å². The van der Waals surface area contributed by atoms with E-state index < -0.39 is 0 Å². The van der Waals surface area contributed by atoms with E-state index >= 15 is 0 Å². The summed E-state index contributed by atoms with van der Waals surface area (Å²) in [6.07, 6.45) is 0.770. The summed E-state index contributed by atoms with van der Waals surface area (Å²) in [5.74, 6) is -0.243. The minimum Gasteiger partial charge on any atom is -0.313 e. The van der Waals surface area contributed by atoms with Crippen molar-refractivity contribution in [2.45, 2.75) is 12.5 Å². The van der Waals surface area contributed by atoms with E-state index in [9.17, 15) is 4.39 Å². The Kier molecular flexibility index (Phi) is 5.84. The van der Waals surface area contributed by atoms with Crippen molar-refractivity contribution in [1.29, 1.82) is 0 Å². The van der Waals surface area contributed by atoms with Crippen molar-refractivity contribution in [2.75, 3.05) is 7.05 Å². The van der Waals surface area contributed by atoms with E-state index in [2.05, 4.69) is 49.9 Å². The molecular formula is C15H13BrClFIN. The average molecular weight is 469 g/mol. The zero-order chi connectivity index (χ0) is 14.7. The van der Waals surface area contributed by atoms with Gasteiger partial charge in [0.2, 0.25) is 0 Å². The minimum absolute atomic E-state index is 0.141. The molecule has 0 aromatic heterocycles. The highest BCUT2D eigenvalue weighted by atomic mass is 127. The van der Waals surface area contributed by atoms with E-state index in [0.717, 1.165) is 26.1 Å². The van der Waals surface area contributed by atoms with Gasteiger partial charge in [0.1, 0.15) is 5.82 Å². The molecule has 0 heterocycles. The van der Waals surface area contributed by atoms with Gasteiger partial charge in [0, 0.05) is 9.61 Å². The van der Waals surface area contributed by atoms with Gasteiger partial charge in [-0.15, -0.1) is 0 Å². The van der Waals surface area contributed by atoms with Crippen LogP contribution in [0.2, 0.25) is 5.02 Å². The molecule has 0 saturated carbocycles. The van der Waals surface area contributed by atoms with E-state index in [0.29, 0.717) is 4.47 Å². The van der Waals surface area contributed by atoms with Gasteiger partial charge in [0.05, 0.1) is 9.50 Å². The molecule has 0 saturated heterocycles. The van der Waals surface area contributed by atoms with Crippen LogP contribution >= 0.6 is 50.1 Å². The average Bonchev–Trinajstić information content (AvgIpc) is 2.43. The van der Waals surface area contributed by atoms with Gasteiger partial charge in [0.25, 0.3) is 0 Å². The van der Waals surface area contributed by atoms with Crippen LogP contribution in [0.5, 0.6) is 0 Å².